The third kappa shape index (κ3) is 2.96. The van der Waals surface area contributed by atoms with Crippen LogP contribution in [0, 0.1) is 5.41 Å². The van der Waals surface area contributed by atoms with E-state index in [0.29, 0.717) is 0 Å². The van der Waals surface area contributed by atoms with Crippen LogP contribution in [0.1, 0.15) is 26.2 Å². The zero-order chi connectivity index (χ0) is 10.6. The van der Waals surface area contributed by atoms with Gasteiger partial charge in [0, 0.05) is 13.2 Å². The van der Waals surface area contributed by atoms with Crippen LogP contribution in [-0.2, 0) is 9.53 Å². The van der Waals surface area contributed by atoms with Crippen LogP contribution in [0.4, 0.5) is 0 Å². The van der Waals surface area contributed by atoms with Crippen molar-refractivity contribution in [2.75, 3.05) is 20.3 Å². The summed E-state index contributed by atoms with van der Waals surface area (Å²) in [7, 11) is 1.39. The first-order valence-electron chi connectivity index (χ1n) is 5.06. The molecule has 82 valence electrons. The molecule has 0 aromatic rings. The van der Waals surface area contributed by atoms with Crippen LogP contribution in [0.15, 0.2) is 0 Å². The predicted molar refractivity (Wildman–Crippen MR) is 52.9 cm³/mol. The Morgan fingerprint density at radius 2 is 2.29 bits per heavy atom. The highest BCUT2D eigenvalue weighted by Gasteiger charge is 2.41. The van der Waals surface area contributed by atoms with Crippen molar-refractivity contribution in [2.45, 2.75) is 32.2 Å². The minimum absolute atomic E-state index is 0.230. The maximum absolute atomic E-state index is 11.1. The molecule has 0 heterocycles. The molecule has 1 rings (SSSR count). The number of hydrogen-bond donors (Lipinski definition) is 2. The van der Waals surface area contributed by atoms with E-state index in [4.69, 9.17) is 5.11 Å². The van der Waals surface area contributed by atoms with Crippen molar-refractivity contribution in [2.24, 2.45) is 5.41 Å². The van der Waals surface area contributed by atoms with Crippen molar-refractivity contribution in [3.63, 3.8) is 0 Å². The number of esters is 1. The molecule has 0 saturated heterocycles. The quantitative estimate of drug-likeness (QED) is 0.607. The lowest BCUT2D eigenvalue weighted by Crippen LogP contribution is -2.38. The number of aliphatic hydroxyl groups excluding tert-OH is 1. The van der Waals surface area contributed by atoms with Gasteiger partial charge in [0.15, 0.2) is 0 Å². The SMILES string of the molecule is COC(=O)C(C)NCC1(CCO)CC1. The Kier molecular flexibility index (Phi) is 3.89. The number of ether oxygens (including phenoxy) is 1. The Hall–Kier alpha value is -0.610. The predicted octanol–water partition coefficient (Wildman–Crippen LogP) is 0.300. The van der Waals surface area contributed by atoms with Gasteiger partial charge in [-0.15, -0.1) is 0 Å². The average Bonchev–Trinajstić information content (AvgIpc) is 2.94. The van der Waals surface area contributed by atoms with Gasteiger partial charge in [0.25, 0.3) is 0 Å². The summed E-state index contributed by atoms with van der Waals surface area (Å²) in [5, 5.41) is 12.0. The van der Waals surface area contributed by atoms with Crippen molar-refractivity contribution in [3.05, 3.63) is 0 Å². The molecule has 1 atom stereocenters. The van der Waals surface area contributed by atoms with Crippen molar-refractivity contribution >= 4 is 5.97 Å². The lowest BCUT2D eigenvalue weighted by molar-refractivity contribution is -0.142. The van der Waals surface area contributed by atoms with Crippen LogP contribution < -0.4 is 5.32 Å². The molecular weight excluding hydrogens is 182 g/mol. The number of hydrogen-bond acceptors (Lipinski definition) is 4. The zero-order valence-electron chi connectivity index (χ0n) is 8.88. The van der Waals surface area contributed by atoms with Crippen LogP contribution in [0.5, 0.6) is 0 Å². The standard InChI is InChI=1S/C10H19NO3/c1-8(9(13)14-2)11-7-10(3-4-10)5-6-12/h8,11-12H,3-7H2,1-2H3. The lowest BCUT2D eigenvalue weighted by atomic mass is 10.0. The van der Waals surface area contributed by atoms with Gasteiger partial charge in [0.05, 0.1) is 7.11 Å². The van der Waals surface area contributed by atoms with Gasteiger partial charge in [0.1, 0.15) is 6.04 Å². The molecule has 0 aromatic heterocycles. The second-order valence-corrected chi connectivity index (χ2v) is 4.10. The summed E-state index contributed by atoms with van der Waals surface area (Å²) in [6.45, 7) is 2.82. The van der Waals surface area contributed by atoms with Crippen molar-refractivity contribution in [1.29, 1.82) is 0 Å². The van der Waals surface area contributed by atoms with E-state index in [1.165, 1.54) is 7.11 Å². The van der Waals surface area contributed by atoms with Crippen LogP contribution in [-0.4, -0.2) is 37.4 Å². The third-order valence-corrected chi connectivity index (χ3v) is 2.94. The first kappa shape index (κ1) is 11.5. The first-order chi connectivity index (χ1) is 6.63. The van der Waals surface area contributed by atoms with Gasteiger partial charge in [-0.1, -0.05) is 0 Å². The van der Waals surface area contributed by atoms with Crippen LogP contribution in [0.25, 0.3) is 0 Å². The van der Waals surface area contributed by atoms with Crippen LogP contribution >= 0.6 is 0 Å². The molecule has 1 aliphatic rings. The number of aliphatic hydroxyl groups is 1. The van der Waals surface area contributed by atoms with E-state index < -0.39 is 0 Å². The molecule has 1 unspecified atom stereocenters. The monoisotopic (exact) mass is 201 g/mol. The highest BCUT2D eigenvalue weighted by Crippen LogP contribution is 2.47. The van der Waals surface area contributed by atoms with Gasteiger partial charge >= 0.3 is 5.97 Å². The highest BCUT2D eigenvalue weighted by molar-refractivity contribution is 5.75. The maximum Gasteiger partial charge on any atom is 0.322 e. The van der Waals surface area contributed by atoms with E-state index in [1.807, 2.05) is 0 Å². The summed E-state index contributed by atoms with van der Waals surface area (Å²) in [6, 6.07) is -0.254. The summed E-state index contributed by atoms with van der Waals surface area (Å²) >= 11 is 0. The Balaban J connectivity index is 2.23. The molecule has 0 radical (unpaired) electrons. The second kappa shape index (κ2) is 4.75. The molecule has 4 heteroatoms. The van der Waals surface area contributed by atoms with E-state index in [9.17, 15) is 4.79 Å². The topological polar surface area (TPSA) is 58.6 Å². The molecule has 1 aliphatic carbocycles. The molecular formula is C10H19NO3. The normalized spacial score (nSPS) is 20.2. The molecule has 1 fully saturated rings. The van der Waals surface area contributed by atoms with Crippen LogP contribution in [0.3, 0.4) is 0 Å². The zero-order valence-corrected chi connectivity index (χ0v) is 8.88. The summed E-state index contributed by atoms with van der Waals surface area (Å²) < 4.78 is 4.61. The average molecular weight is 201 g/mol. The minimum atomic E-state index is -0.254. The number of carbonyl (C=O) groups excluding carboxylic acids is 1. The smallest absolute Gasteiger partial charge is 0.322 e. The van der Waals surface area contributed by atoms with Gasteiger partial charge in [-0.2, -0.15) is 0 Å². The Bertz CT molecular complexity index is 202. The van der Waals surface area contributed by atoms with Crippen molar-refractivity contribution in [1.82, 2.24) is 5.32 Å². The van der Waals surface area contributed by atoms with Gasteiger partial charge in [-0.3, -0.25) is 4.79 Å². The van der Waals surface area contributed by atoms with Gasteiger partial charge < -0.3 is 15.2 Å². The van der Waals surface area contributed by atoms with Crippen LogP contribution in [0.2, 0.25) is 0 Å². The molecule has 0 spiro atoms. The van der Waals surface area contributed by atoms with E-state index in [1.54, 1.807) is 6.92 Å². The van der Waals surface area contributed by atoms with E-state index >= 15 is 0 Å². The van der Waals surface area contributed by atoms with Gasteiger partial charge in [-0.05, 0) is 31.6 Å². The fraction of sp³-hybridized carbons (Fsp3) is 0.900. The molecule has 0 aliphatic heterocycles. The molecule has 14 heavy (non-hydrogen) atoms. The lowest BCUT2D eigenvalue weighted by Gasteiger charge is -2.17. The Labute approximate surface area is 84.6 Å². The Morgan fingerprint density at radius 1 is 1.64 bits per heavy atom. The maximum atomic E-state index is 11.1. The van der Waals surface area contributed by atoms with Gasteiger partial charge in [-0.25, -0.2) is 0 Å². The summed E-state index contributed by atoms with van der Waals surface area (Å²) in [4.78, 5) is 11.1. The second-order valence-electron chi connectivity index (χ2n) is 4.10. The van der Waals surface area contributed by atoms with E-state index in [-0.39, 0.29) is 24.0 Å². The number of nitrogens with one attached hydrogen (secondary N) is 1. The third-order valence-electron chi connectivity index (χ3n) is 2.94. The molecule has 2 N–H and O–H groups in total. The van der Waals surface area contributed by atoms with E-state index in [0.717, 1.165) is 25.8 Å². The minimum Gasteiger partial charge on any atom is -0.468 e. The Morgan fingerprint density at radius 3 is 2.71 bits per heavy atom. The van der Waals surface area contributed by atoms with Crippen molar-refractivity contribution < 1.29 is 14.6 Å². The number of methoxy groups -OCH3 is 1. The largest absolute Gasteiger partial charge is 0.468 e. The number of carbonyl (C=O) groups is 1. The molecule has 0 bridgehead atoms. The first-order valence-corrected chi connectivity index (χ1v) is 5.06. The van der Waals surface area contributed by atoms with Crippen molar-refractivity contribution in [3.8, 4) is 0 Å². The van der Waals surface area contributed by atoms with E-state index in [2.05, 4.69) is 10.1 Å². The fourth-order valence-electron chi connectivity index (χ4n) is 1.56. The highest BCUT2D eigenvalue weighted by atomic mass is 16.5. The summed E-state index contributed by atoms with van der Waals surface area (Å²) in [5.74, 6) is -0.232. The summed E-state index contributed by atoms with van der Waals surface area (Å²) in [5.41, 5.74) is 0.247. The number of rotatable bonds is 6. The molecule has 0 amide bonds. The summed E-state index contributed by atoms with van der Waals surface area (Å²) in [6.07, 6.45) is 3.12. The fourth-order valence-corrected chi connectivity index (χ4v) is 1.56. The molecule has 4 nitrogen and oxygen atoms in total. The molecule has 1 saturated carbocycles. The van der Waals surface area contributed by atoms with Gasteiger partial charge in [0.2, 0.25) is 0 Å². The molecule has 0 aromatic carbocycles.